The summed E-state index contributed by atoms with van der Waals surface area (Å²) in [5, 5.41) is 5.10. The zero-order valence-corrected chi connectivity index (χ0v) is 17.2. The fraction of sp³-hybridized carbons (Fsp3) is 0.160. The molecule has 0 saturated carbocycles. The van der Waals surface area contributed by atoms with E-state index < -0.39 is 0 Å². The topological polar surface area (TPSA) is 61.3 Å². The summed E-state index contributed by atoms with van der Waals surface area (Å²) in [5.74, 6) is 0.372. The van der Waals surface area contributed by atoms with E-state index in [4.69, 9.17) is 0 Å². The second-order valence-corrected chi connectivity index (χ2v) is 7.77. The van der Waals surface area contributed by atoms with E-state index in [0.29, 0.717) is 36.2 Å². The number of rotatable bonds is 5. The molecule has 5 rings (SSSR count). The standard InChI is InChI=1S/C25H22N4O2/c1-18-11-13-20(14-12-18)17-28-25(31)29-22-10-6-5-9-21(22)23(30)27(24(29)26-28)16-15-19-7-3-2-4-8-19/h2-14H,15-17H2,1H3. The highest BCUT2D eigenvalue weighted by atomic mass is 16.2. The minimum atomic E-state index is -0.250. The van der Waals surface area contributed by atoms with Crippen molar-refractivity contribution in [3.8, 4) is 0 Å². The van der Waals surface area contributed by atoms with Crippen molar-refractivity contribution in [1.82, 2.24) is 18.7 Å². The molecular weight excluding hydrogens is 388 g/mol. The lowest BCUT2D eigenvalue weighted by atomic mass is 10.1. The average molecular weight is 410 g/mol. The molecule has 0 fully saturated rings. The summed E-state index contributed by atoms with van der Waals surface area (Å²) in [7, 11) is 0. The van der Waals surface area contributed by atoms with Crippen LogP contribution in [0, 0.1) is 6.92 Å². The molecule has 0 saturated heterocycles. The fourth-order valence-electron chi connectivity index (χ4n) is 3.92. The van der Waals surface area contributed by atoms with Gasteiger partial charge in [0.25, 0.3) is 5.56 Å². The van der Waals surface area contributed by atoms with Crippen LogP contribution in [0.3, 0.4) is 0 Å². The van der Waals surface area contributed by atoms with Gasteiger partial charge in [0.2, 0.25) is 5.78 Å². The molecule has 154 valence electrons. The van der Waals surface area contributed by atoms with E-state index in [1.807, 2.05) is 73.7 Å². The first-order valence-corrected chi connectivity index (χ1v) is 10.3. The summed E-state index contributed by atoms with van der Waals surface area (Å²) in [6.45, 7) is 2.82. The molecule has 0 bridgehead atoms. The predicted molar refractivity (Wildman–Crippen MR) is 122 cm³/mol. The monoisotopic (exact) mass is 410 g/mol. The van der Waals surface area contributed by atoms with Gasteiger partial charge >= 0.3 is 5.69 Å². The summed E-state index contributed by atoms with van der Waals surface area (Å²) in [6.07, 6.45) is 0.674. The van der Waals surface area contributed by atoms with Crippen LogP contribution in [-0.2, 0) is 19.5 Å². The quantitative estimate of drug-likeness (QED) is 0.446. The summed E-state index contributed by atoms with van der Waals surface area (Å²) < 4.78 is 4.60. The van der Waals surface area contributed by atoms with Gasteiger partial charge in [-0.05, 0) is 36.6 Å². The normalized spacial score (nSPS) is 11.4. The lowest BCUT2D eigenvalue weighted by Gasteiger charge is -2.09. The smallest absolute Gasteiger partial charge is 0.276 e. The van der Waals surface area contributed by atoms with Crippen molar-refractivity contribution < 1.29 is 0 Å². The molecule has 6 heteroatoms. The highest BCUT2D eigenvalue weighted by Gasteiger charge is 2.17. The molecule has 3 aromatic carbocycles. The summed E-state index contributed by atoms with van der Waals surface area (Å²) >= 11 is 0. The van der Waals surface area contributed by atoms with E-state index in [1.54, 1.807) is 21.1 Å². The van der Waals surface area contributed by atoms with Crippen LogP contribution in [0.5, 0.6) is 0 Å². The molecule has 0 aliphatic carbocycles. The number of benzene rings is 3. The Labute approximate surface area is 178 Å². The summed E-state index contributed by atoms with van der Waals surface area (Å²) in [4.78, 5) is 26.6. The molecule has 0 aliphatic rings. The van der Waals surface area contributed by atoms with E-state index in [0.717, 1.165) is 16.7 Å². The second kappa shape index (κ2) is 7.72. The summed E-state index contributed by atoms with van der Waals surface area (Å²) in [5.41, 5.74) is 3.47. The van der Waals surface area contributed by atoms with Gasteiger partial charge in [-0.15, -0.1) is 5.10 Å². The lowest BCUT2D eigenvalue weighted by Crippen LogP contribution is -2.27. The number of hydrogen-bond donors (Lipinski definition) is 0. The van der Waals surface area contributed by atoms with Crippen LogP contribution in [0.2, 0.25) is 0 Å². The third kappa shape index (κ3) is 3.46. The molecule has 0 N–H and O–H groups in total. The molecule has 0 radical (unpaired) electrons. The van der Waals surface area contributed by atoms with Crippen LogP contribution in [-0.4, -0.2) is 18.7 Å². The van der Waals surface area contributed by atoms with Gasteiger partial charge in [-0.1, -0.05) is 72.3 Å². The number of nitrogens with zero attached hydrogens (tertiary/aromatic N) is 4. The minimum absolute atomic E-state index is 0.133. The van der Waals surface area contributed by atoms with Crippen LogP contribution >= 0.6 is 0 Å². The maximum absolute atomic E-state index is 13.3. The van der Waals surface area contributed by atoms with Crippen molar-refractivity contribution in [2.75, 3.05) is 0 Å². The minimum Gasteiger partial charge on any atom is -0.276 e. The van der Waals surface area contributed by atoms with Gasteiger partial charge in [0, 0.05) is 6.54 Å². The third-order valence-electron chi connectivity index (χ3n) is 5.60. The van der Waals surface area contributed by atoms with Gasteiger partial charge in [-0.25, -0.2) is 13.9 Å². The number of hydrogen-bond acceptors (Lipinski definition) is 3. The van der Waals surface area contributed by atoms with Gasteiger partial charge in [0.1, 0.15) is 0 Å². The van der Waals surface area contributed by atoms with Crippen LogP contribution in [0.15, 0.2) is 88.5 Å². The van der Waals surface area contributed by atoms with Gasteiger partial charge < -0.3 is 0 Å². The molecule has 0 amide bonds. The maximum atomic E-state index is 13.3. The molecule has 5 aromatic rings. The molecule has 2 heterocycles. The Balaban J connectivity index is 1.67. The van der Waals surface area contributed by atoms with E-state index in [-0.39, 0.29) is 11.2 Å². The number of aromatic nitrogens is 4. The van der Waals surface area contributed by atoms with Gasteiger partial charge in [-0.2, -0.15) is 0 Å². The van der Waals surface area contributed by atoms with E-state index >= 15 is 0 Å². The predicted octanol–water partition coefficient (Wildman–Crippen LogP) is 3.41. The molecule has 0 atom stereocenters. The van der Waals surface area contributed by atoms with E-state index in [1.165, 1.54) is 4.68 Å². The molecule has 0 unspecified atom stereocenters. The Kier molecular flexibility index (Phi) is 4.75. The maximum Gasteiger partial charge on any atom is 0.352 e. The van der Waals surface area contributed by atoms with Crippen molar-refractivity contribution in [3.05, 3.63) is 116 Å². The highest BCUT2D eigenvalue weighted by Crippen LogP contribution is 2.12. The van der Waals surface area contributed by atoms with Crippen molar-refractivity contribution in [1.29, 1.82) is 0 Å². The van der Waals surface area contributed by atoms with Crippen LogP contribution in [0.25, 0.3) is 16.7 Å². The van der Waals surface area contributed by atoms with Crippen molar-refractivity contribution in [2.24, 2.45) is 0 Å². The van der Waals surface area contributed by atoms with Crippen LogP contribution in [0.4, 0.5) is 0 Å². The van der Waals surface area contributed by atoms with Crippen LogP contribution in [0.1, 0.15) is 16.7 Å². The van der Waals surface area contributed by atoms with Gasteiger partial charge in [0.05, 0.1) is 17.4 Å². The first kappa shape index (κ1) is 19.1. The zero-order chi connectivity index (χ0) is 21.4. The van der Waals surface area contributed by atoms with Gasteiger partial charge in [-0.3, -0.25) is 9.36 Å². The van der Waals surface area contributed by atoms with Crippen LogP contribution < -0.4 is 11.2 Å². The lowest BCUT2D eigenvalue weighted by molar-refractivity contribution is 0.645. The number of para-hydroxylation sites is 1. The molecule has 0 spiro atoms. The van der Waals surface area contributed by atoms with Crippen molar-refractivity contribution in [2.45, 2.75) is 26.4 Å². The fourth-order valence-corrected chi connectivity index (χ4v) is 3.92. The Morgan fingerprint density at radius 3 is 2.29 bits per heavy atom. The number of aryl methyl sites for hydroxylation is 3. The second-order valence-electron chi connectivity index (χ2n) is 7.77. The molecule has 0 aliphatic heterocycles. The van der Waals surface area contributed by atoms with Crippen molar-refractivity contribution >= 4 is 16.7 Å². The largest absolute Gasteiger partial charge is 0.352 e. The Morgan fingerprint density at radius 2 is 1.52 bits per heavy atom. The molecule has 2 aromatic heterocycles. The molecule has 31 heavy (non-hydrogen) atoms. The van der Waals surface area contributed by atoms with Crippen molar-refractivity contribution in [3.63, 3.8) is 0 Å². The first-order valence-electron chi connectivity index (χ1n) is 10.3. The SMILES string of the molecule is Cc1ccc(Cn2nc3n(CCc4ccccc4)c(=O)c4ccccc4n3c2=O)cc1. The summed E-state index contributed by atoms with van der Waals surface area (Å²) in [6, 6.07) is 25.2. The Bertz CT molecular complexity index is 1490. The first-order chi connectivity index (χ1) is 15.1. The van der Waals surface area contributed by atoms with Gasteiger partial charge in [0.15, 0.2) is 0 Å². The number of fused-ring (bicyclic) bond motifs is 3. The third-order valence-corrected chi connectivity index (χ3v) is 5.60. The molecule has 6 nitrogen and oxygen atoms in total. The Hall–Kier alpha value is -3.93. The molecular formula is C25H22N4O2. The van der Waals surface area contributed by atoms with E-state index in [2.05, 4.69) is 5.10 Å². The van der Waals surface area contributed by atoms with E-state index in [9.17, 15) is 9.59 Å². The Morgan fingerprint density at radius 1 is 0.806 bits per heavy atom. The zero-order valence-electron chi connectivity index (χ0n) is 17.2. The highest BCUT2D eigenvalue weighted by molar-refractivity contribution is 5.80. The average Bonchev–Trinajstić information content (AvgIpc) is 3.12.